The fourth-order valence-corrected chi connectivity index (χ4v) is 1.97. The van der Waals surface area contributed by atoms with Crippen molar-refractivity contribution in [1.82, 2.24) is 5.32 Å². The quantitative estimate of drug-likeness (QED) is 0.797. The Hall–Kier alpha value is -0.860. The van der Waals surface area contributed by atoms with Crippen molar-refractivity contribution in [2.24, 2.45) is 0 Å². The van der Waals surface area contributed by atoms with Crippen molar-refractivity contribution in [1.29, 1.82) is 0 Å². The summed E-state index contributed by atoms with van der Waals surface area (Å²) in [5.74, 6) is 0. The fourth-order valence-electron chi connectivity index (χ4n) is 1.97. The Labute approximate surface area is 99.0 Å². The minimum atomic E-state index is 0.309. The van der Waals surface area contributed by atoms with Crippen LogP contribution in [0.2, 0.25) is 0 Å². The van der Waals surface area contributed by atoms with Crippen molar-refractivity contribution in [3.63, 3.8) is 0 Å². The molecule has 0 aromatic heterocycles. The lowest BCUT2D eigenvalue weighted by molar-refractivity contribution is 0.167. The van der Waals surface area contributed by atoms with Crippen molar-refractivity contribution < 1.29 is 4.74 Å². The molecule has 2 heteroatoms. The Balaban J connectivity index is 2.82. The number of ether oxygens (including phenoxy) is 1. The Bertz CT molecular complexity index is 302. The highest BCUT2D eigenvalue weighted by molar-refractivity contribution is 5.30. The van der Waals surface area contributed by atoms with Gasteiger partial charge in [-0.15, -0.1) is 0 Å². The number of aryl methyl sites for hydroxylation is 2. The lowest BCUT2D eigenvalue weighted by Crippen LogP contribution is -2.26. The summed E-state index contributed by atoms with van der Waals surface area (Å²) in [6.07, 6.45) is 1.14. The van der Waals surface area contributed by atoms with E-state index in [-0.39, 0.29) is 0 Å². The molecule has 90 valence electrons. The van der Waals surface area contributed by atoms with E-state index in [0.29, 0.717) is 6.04 Å². The molecule has 0 aliphatic rings. The summed E-state index contributed by atoms with van der Waals surface area (Å²) in [5.41, 5.74) is 3.96. The molecule has 1 unspecified atom stereocenters. The van der Waals surface area contributed by atoms with Crippen LogP contribution in [0.15, 0.2) is 18.2 Å². The largest absolute Gasteiger partial charge is 0.383 e. The molecule has 0 fully saturated rings. The van der Waals surface area contributed by atoms with Gasteiger partial charge in [0.05, 0.1) is 12.6 Å². The van der Waals surface area contributed by atoms with E-state index in [1.807, 2.05) is 0 Å². The average Bonchev–Trinajstić information content (AvgIpc) is 2.22. The highest BCUT2D eigenvalue weighted by Gasteiger charge is 2.10. The van der Waals surface area contributed by atoms with Crippen molar-refractivity contribution >= 4 is 0 Å². The molecular formula is C14H23NO. The SMILES string of the molecule is CCCNC(COC)c1cc(C)cc(C)c1. The van der Waals surface area contributed by atoms with Crippen LogP contribution in [-0.2, 0) is 4.74 Å². The molecule has 1 N–H and O–H groups in total. The minimum Gasteiger partial charge on any atom is -0.383 e. The van der Waals surface area contributed by atoms with Crippen LogP contribution < -0.4 is 5.32 Å². The molecule has 0 amide bonds. The highest BCUT2D eigenvalue weighted by atomic mass is 16.5. The van der Waals surface area contributed by atoms with Gasteiger partial charge in [-0.2, -0.15) is 0 Å². The fraction of sp³-hybridized carbons (Fsp3) is 0.571. The second-order valence-corrected chi connectivity index (χ2v) is 4.38. The van der Waals surface area contributed by atoms with Gasteiger partial charge in [0.15, 0.2) is 0 Å². The summed E-state index contributed by atoms with van der Waals surface area (Å²) in [4.78, 5) is 0. The number of hydrogen-bond acceptors (Lipinski definition) is 2. The third-order valence-electron chi connectivity index (χ3n) is 2.62. The third kappa shape index (κ3) is 3.95. The van der Waals surface area contributed by atoms with Crippen molar-refractivity contribution in [2.75, 3.05) is 20.3 Å². The Morgan fingerprint density at radius 2 is 1.81 bits per heavy atom. The molecule has 1 aromatic rings. The molecule has 0 spiro atoms. The van der Waals surface area contributed by atoms with E-state index >= 15 is 0 Å². The molecule has 0 radical (unpaired) electrons. The van der Waals surface area contributed by atoms with Crippen LogP contribution in [0.4, 0.5) is 0 Å². The van der Waals surface area contributed by atoms with Crippen LogP contribution >= 0.6 is 0 Å². The van der Waals surface area contributed by atoms with Crippen LogP contribution in [0.5, 0.6) is 0 Å². The molecule has 0 aliphatic heterocycles. The van der Waals surface area contributed by atoms with Gasteiger partial charge in [0.1, 0.15) is 0 Å². The van der Waals surface area contributed by atoms with Gasteiger partial charge in [-0.05, 0) is 32.4 Å². The van der Waals surface area contributed by atoms with Crippen LogP contribution in [-0.4, -0.2) is 20.3 Å². The third-order valence-corrected chi connectivity index (χ3v) is 2.62. The maximum Gasteiger partial charge on any atom is 0.0657 e. The summed E-state index contributed by atoms with van der Waals surface area (Å²) in [7, 11) is 1.75. The predicted molar refractivity (Wildman–Crippen MR) is 68.8 cm³/mol. The smallest absolute Gasteiger partial charge is 0.0657 e. The normalized spacial score (nSPS) is 12.8. The second kappa shape index (κ2) is 6.66. The van der Waals surface area contributed by atoms with Crippen LogP contribution in [0.25, 0.3) is 0 Å². The maximum absolute atomic E-state index is 5.27. The topological polar surface area (TPSA) is 21.3 Å². The van der Waals surface area contributed by atoms with Crippen molar-refractivity contribution in [3.8, 4) is 0 Å². The minimum absolute atomic E-state index is 0.309. The summed E-state index contributed by atoms with van der Waals surface area (Å²) >= 11 is 0. The molecular weight excluding hydrogens is 198 g/mol. The van der Waals surface area contributed by atoms with Gasteiger partial charge >= 0.3 is 0 Å². The van der Waals surface area contributed by atoms with E-state index < -0.39 is 0 Å². The lowest BCUT2D eigenvalue weighted by atomic mass is 10.0. The van der Waals surface area contributed by atoms with Crippen LogP contribution in [0, 0.1) is 13.8 Å². The number of benzene rings is 1. The van der Waals surface area contributed by atoms with Gasteiger partial charge in [-0.3, -0.25) is 0 Å². The molecule has 0 saturated carbocycles. The van der Waals surface area contributed by atoms with Crippen LogP contribution in [0.3, 0.4) is 0 Å². The summed E-state index contributed by atoms with van der Waals surface area (Å²) < 4.78 is 5.27. The zero-order chi connectivity index (χ0) is 12.0. The lowest BCUT2D eigenvalue weighted by Gasteiger charge is -2.19. The zero-order valence-corrected chi connectivity index (χ0v) is 10.8. The monoisotopic (exact) mass is 221 g/mol. The first-order valence-corrected chi connectivity index (χ1v) is 5.98. The van der Waals surface area contributed by atoms with Gasteiger partial charge in [0, 0.05) is 7.11 Å². The number of rotatable bonds is 6. The Morgan fingerprint density at radius 3 is 2.31 bits per heavy atom. The predicted octanol–water partition coefficient (Wildman–Crippen LogP) is 2.99. The standard InChI is InChI=1S/C14H23NO/c1-5-6-15-14(10-16-4)13-8-11(2)7-12(3)9-13/h7-9,14-15H,5-6,10H2,1-4H3. The molecule has 16 heavy (non-hydrogen) atoms. The molecule has 0 saturated heterocycles. The second-order valence-electron chi connectivity index (χ2n) is 4.38. The molecule has 0 aliphatic carbocycles. The molecule has 2 nitrogen and oxygen atoms in total. The summed E-state index contributed by atoms with van der Waals surface area (Å²) in [6, 6.07) is 6.98. The molecule has 0 bridgehead atoms. The first-order chi connectivity index (χ1) is 7.67. The Morgan fingerprint density at radius 1 is 1.19 bits per heavy atom. The summed E-state index contributed by atoms with van der Waals surface area (Å²) in [5, 5.41) is 3.52. The first kappa shape index (κ1) is 13.2. The highest BCUT2D eigenvalue weighted by Crippen LogP contribution is 2.17. The van der Waals surface area contributed by atoms with Gasteiger partial charge in [0.2, 0.25) is 0 Å². The Kier molecular flexibility index (Phi) is 5.50. The molecule has 1 atom stereocenters. The van der Waals surface area contributed by atoms with Gasteiger partial charge in [0.25, 0.3) is 0 Å². The van der Waals surface area contributed by atoms with E-state index in [9.17, 15) is 0 Å². The van der Waals surface area contributed by atoms with E-state index in [1.165, 1.54) is 16.7 Å². The molecule has 1 rings (SSSR count). The maximum atomic E-state index is 5.27. The molecule has 1 aromatic carbocycles. The van der Waals surface area contributed by atoms with Gasteiger partial charge < -0.3 is 10.1 Å². The molecule has 0 heterocycles. The average molecular weight is 221 g/mol. The van der Waals surface area contributed by atoms with Gasteiger partial charge in [-0.25, -0.2) is 0 Å². The number of nitrogens with one attached hydrogen (secondary N) is 1. The van der Waals surface area contributed by atoms with Crippen LogP contribution in [0.1, 0.15) is 36.1 Å². The van der Waals surface area contributed by atoms with E-state index in [1.54, 1.807) is 7.11 Å². The van der Waals surface area contributed by atoms with E-state index in [2.05, 4.69) is 44.3 Å². The van der Waals surface area contributed by atoms with Crippen molar-refractivity contribution in [3.05, 3.63) is 34.9 Å². The van der Waals surface area contributed by atoms with E-state index in [0.717, 1.165) is 19.6 Å². The first-order valence-electron chi connectivity index (χ1n) is 5.98. The zero-order valence-electron chi connectivity index (χ0n) is 10.8. The number of methoxy groups -OCH3 is 1. The van der Waals surface area contributed by atoms with E-state index in [4.69, 9.17) is 4.74 Å². The van der Waals surface area contributed by atoms with Crippen molar-refractivity contribution in [2.45, 2.75) is 33.2 Å². The summed E-state index contributed by atoms with van der Waals surface area (Å²) in [6.45, 7) is 8.21. The number of hydrogen-bond donors (Lipinski definition) is 1. The van der Waals surface area contributed by atoms with Gasteiger partial charge in [-0.1, -0.05) is 36.2 Å².